The van der Waals surface area contributed by atoms with E-state index in [1.165, 1.54) is 0 Å². The molecule has 0 unspecified atom stereocenters. The monoisotopic (exact) mass is 377 g/mol. The van der Waals surface area contributed by atoms with Crippen LogP contribution in [0.3, 0.4) is 0 Å². The van der Waals surface area contributed by atoms with Crippen molar-refractivity contribution in [3.8, 4) is 0 Å². The van der Waals surface area contributed by atoms with Gasteiger partial charge in [-0.2, -0.15) is 0 Å². The Morgan fingerprint density at radius 1 is 1.17 bits per heavy atom. The van der Waals surface area contributed by atoms with E-state index in [9.17, 15) is 4.79 Å². The smallest absolute Gasteiger partial charge is 0.410 e. The first-order valence-corrected chi connectivity index (χ1v) is 8.53. The Kier molecular flexibility index (Phi) is 5.81. The number of benzene rings is 1. The summed E-state index contributed by atoms with van der Waals surface area (Å²) in [6.07, 6.45) is -0.288. The van der Waals surface area contributed by atoms with Crippen LogP contribution in [-0.2, 0) is 4.74 Å². The van der Waals surface area contributed by atoms with Crippen LogP contribution in [0.5, 0.6) is 0 Å². The molecule has 1 fully saturated rings. The average Bonchev–Trinajstić information content (AvgIpc) is 2.45. The van der Waals surface area contributed by atoms with E-state index in [-0.39, 0.29) is 6.09 Å². The number of nitrogens with zero attached hydrogens (tertiary/aromatic N) is 2. The third-order valence-electron chi connectivity index (χ3n) is 3.39. The molecule has 8 heteroatoms. The predicted molar refractivity (Wildman–Crippen MR) is 99.1 cm³/mol. The van der Waals surface area contributed by atoms with Crippen molar-refractivity contribution in [1.82, 2.24) is 4.90 Å². The molecule has 0 saturated carbocycles. The summed E-state index contributed by atoms with van der Waals surface area (Å²) in [5.74, 6) is 0. The third kappa shape index (κ3) is 4.75. The molecule has 128 valence electrons. The standard InChI is InChI=1S/C15H21Cl2N3O2S/c1-15(2,3)22-14(21)20-6-4-19(5-7-20)13-11(16)8-10(18-23)9-12(13)17/h8-9,18,23H,4-7H2,1-3H3. The molecule has 1 heterocycles. The fraction of sp³-hybridized carbons (Fsp3) is 0.533. The number of thiol groups is 1. The van der Waals surface area contributed by atoms with E-state index >= 15 is 0 Å². The summed E-state index contributed by atoms with van der Waals surface area (Å²) in [4.78, 5) is 15.9. The minimum Gasteiger partial charge on any atom is -0.444 e. The molecule has 1 aromatic rings. The molecule has 1 aliphatic rings. The number of piperazine rings is 1. The number of hydrogen-bond donors (Lipinski definition) is 2. The Labute approximate surface area is 152 Å². The van der Waals surface area contributed by atoms with Gasteiger partial charge in [0.15, 0.2) is 0 Å². The van der Waals surface area contributed by atoms with Gasteiger partial charge in [0.05, 0.1) is 15.7 Å². The van der Waals surface area contributed by atoms with E-state index in [0.717, 1.165) is 11.4 Å². The maximum atomic E-state index is 12.1. The second-order valence-electron chi connectivity index (χ2n) is 6.35. The van der Waals surface area contributed by atoms with Crippen LogP contribution in [0.1, 0.15) is 20.8 Å². The van der Waals surface area contributed by atoms with Gasteiger partial charge in [-0.15, -0.1) is 0 Å². The lowest BCUT2D eigenvalue weighted by Gasteiger charge is -2.37. The van der Waals surface area contributed by atoms with E-state index in [1.54, 1.807) is 17.0 Å². The van der Waals surface area contributed by atoms with Crippen molar-refractivity contribution in [2.75, 3.05) is 35.8 Å². The van der Waals surface area contributed by atoms with E-state index in [0.29, 0.717) is 36.2 Å². The molecule has 1 amide bonds. The molecule has 0 spiro atoms. The lowest BCUT2D eigenvalue weighted by atomic mass is 10.2. The maximum Gasteiger partial charge on any atom is 0.410 e. The molecular formula is C15H21Cl2N3O2S. The fourth-order valence-electron chi connectivity index (χ4n) is 2.37. The topological polar surface area (TPSA) is 44.8 Å². The number of halogens is 2. The van der Waals surface area contributed by atoms with Crippen molar-refractivity contribution < 1.29 is 9.53 Å². The van der Waals surface area contributed by atoms with E-state index in [4.69, 9.17) is 27.9 Å². The van der Waals surface area contributed by atoms with Crippen LogP contribution in [0.25, 0.3) is 0 Å². The summed E-state index contributed by atoms with van der Waals surface area (Å²) in [5.41, 5.74) is 1.03. The SMILES string of the molecule is CC(C)(C)OC(=O)N1CCN(c2c(Cl)cc(NS)cc2Cl)CC1. The van der Waals surface area contributed by atoms with Gasteiger partial charge in [-0.25, -0.2) is 4.79 Å². The minimum atomic E-state index is -0.490. The lowest BCUT2D eigenvalue weighted by molar-refractivity contribution is 0.0240. The Morgan fingerprint density at radius 3 is 2.13 bits per heavy atom. The van der Waals surface area contributed by atoms with Gasteiger partial charge in [0, 0.05) is 31.9 Å². The van der Waals surface area contributed by atoms with Gasteiger partial charge in [0.25, 0.3) is 0 Å². The van der Waals surface area contributed by atoms with Gasteiger partial charge in [0.1, 0.15) is 5.60 Å². The number of carbonyl (C=O) groups is 1. The van der Waals surface area contributed by atoms with Gasteiger partial charge < -0.3 is 19.3 Å². The zero-order valence-electron chi connectivity index (χ0n) is 13.4. The molecule has 0 radical (unpaired) electrons. The van der Waals surface area contributed by atoms with Crippen molar-refractivity contribution in [1.29, 1.82) is 0 Å². The first-order chi connectivity index (χ1) is 10.7. The van der Waals surface area contributed by atoms with Crippen molar-refractivity contribution >= 4 is 53.5 Å². The van der Waals surface area contributed by atoms with Crippen LogP contribution in [0.2, 0.25) is 10.0 Å². The maximum absolute atomic E-state index is 12.1. The summed E-state index contributed by atoms with van der Waals surface area (Å²) in [6, 6.07) is 3.55. The van der Waals surface area contributed by atoms with Crippen LogP contribution in [0.4, 0.5) is 16.2 Å². The van der Waals surface area contributed by atoms with Crippen LogP contribution in [0.15, 0.2) is 12.1 Å². The Bertz CT molecular complexity index is 562. The quantitative estimate of drug-likeness (QED) is 0.753. The highest BCUT2D eigenvalue weighted by Gasteiger charge is 2.27. The first kappa shape index (κ1) is 18.4. The van der Waals surface area contributed by atoms with Gasteiger partial charge in [-0.3, -0.25) is 0 Å². The van der Waals surface area contributed by atoms with Crippen molar-refractivity contribution in [3.05, 3.63) is 22.2 Å². The van der Waals surface area contributed by atoms with Gasteiger partial charge in [0.2, 0.25) is 0 Å². The summed E-state index contributed by atoms with van der Waals surface area (Å²) in [7, 11) is 0. The minimum absolute atomic E-state index is 0.288. The van der Waals surface area contributed by atoms with E-state index < -0.39 is 5.60 Å². The molecule has 0 aromatic heterocycles. The van der Waals surface area contributed by atoms with Crippen LogP contribution in [0, 0.1) is 0 Å². The molecule has 0 atom stereocenters. The third-order valence-corrected chi connectivity index (χ3v) is 4.23. The molecule has 1 N–H and O–H groups in total. The van der Waals surface area contributed by atoms with E-state index in [1.807, 2.05) is 20.8 Å². The zero-order valence-corrected chi connectivity index (χ0v) is 15.8. The lowest BCUT2D eigenvalue weighted by Crippen LogP contribution is -2.50. The van der Waals surface area contributed by atoms with Crippen molar-refractivity contribution in [2.24, 2.45) is 0 Å². The van der Waals surface area contributed by atoms with Crippen LogP contribution < -0.4 is 9.62 Å². The molecule has 23 heavy (non-hydrogen) atoms. The second kappa shape index (κ2) is 7.28. The molecule has 1 saturated heterocycles. The summed E-state index contributed by atoms with van der Waals surface area (Å²) in [6.45, 7) is 7.99. The second-order valence-corrected chi connectivity index (χ2v) is 7.39. The highest BCUT2D eigenvalue weighted by Crippen LogP contribution is 2.37. The normalized spacial score (nSPS) is 15.6. The summed E-state index contributed by atoms with van der Waals surface area (Å²) >= 11 is 16.7. The van der Waals surface area contributed by atoms with Crippen LogP contribution in [-0.4, -0.2) is 42.8 Å². The molecule has 0 bridgehead atoms. The van der Waals surface area contributed by atoms with Crippen molar-refractivity contribution in [2.45, 2.75) is 26.4 Å². The Hall–Kier alpha value is -0.980. The molecular weight excluding hydrogens is 357 g/mol. The Morgan fingerprint density at radius 2 is 1.70 bits per heavy atom. The number of anilines is 2. The number of carbonyl (C=O) groups excluding carboxylic acids is 1. The molecule has 1 aliphatic heterocycles. The number of ether oxygens (including phenoxy) is 1. The van der Waals surface area contributed by atoms with Gasteiger partial charge in [-0.05, 0) is 32.9 Å². The summed E-state index contributed by atoms with van der Waals surface area (Å²) in [5, 5.41) is 1.11. The molecule has 5 nitrogen and oxygen atoms in total. The number of rotatable bonds is 2. The molecule has 0 aliphatic carbocycles. The first-order valence-electron chi connectivity index (χ1n) is 7.33. The average molecular weight is 378 g/mol. The number of amides is 1. The van der Waals surface area contributed by atoms with Crippen LogP contribution >= 0.6 is 36.0 Å². The fourth-order valence-corrected chi connectivity index (χ4v) is 3.23. The molecule has 1 aromatic carbocycles. The molecule has 2 rings (SSSR count). The van der Waals surface area contributed by atoms with Gasteiger partial charge in [-0.1, -0.05) is 36.0 Å². The Balaban J connectivity index is 2.04. The zero-order chi connectivity index (χ0) is 17.2. The highest BCUT2D eigenvalue weighted by molar-refractivity contribution is 7.81. The number of nitrogens with one attached hydrogen (secondary N) is 1. The predicted octanol–water partition coefficient (Wildman–Crippen LogP) is 4.31. The largest absolute Gasteiger partial charge is 0.444 e. The summed E-state index contributed by atoms with van der Waals surface area (Å²) < 4.78 is 8.12. The van der Waals surface area contributed by atoms with Gasteiger partial charge >= 0.3 is 6.09 Å². The van der Waals surface area contributed by atoms with Crippen molar-refractivity contribution in [3.63, 3.8) is 0 Å². The number of hydrogen-bond acceptors (Lipinski definition) is 5. The highest BCUT2D eigenvalue weighted by atomic mass is 35.5. The van der Waals surface area contributed by atoms with E-state index in [2.05, 4.69) is 22.4 Å².